The van der Waals surface area contributed by atoms with E-state index in [1.165, 1.54) is 0 Å². The molecule has 0 spiro atoms. The molecule has 3 aromatic carbocycles. The molecular formula is C27H19NO2. The summed E-state index contributed by atoms with van der Waals surface area (Å²) in [7, 11) is 0. The van der Waals surface area contributed by atoms with Crippen molar-refractivity contribution in [2.24, 2.45) is 0 Å². The molecule has 0 amide bonds. The van der Waals surface area contributed by atoms with E-state index in [0.29, 0.717) is 12.8 Å². The number of carbonyl (C=O) groups is 2. The number of aromatic nitrogens is 1. The minimum atomic E-state index is 0.181. The highest BCUT2D eigenvalue weighted by atomic mass is 16.1. The monoisotopic (exact) mass is 389 g/mol. The number of Topliss-reactive ketones (excluding diaryl/α,β-unsaturated/α-hetero) is 2. The van der Waals surface area contributed by atoms with Crippen LogP contribution < -0.4 is 0 Å². The van der Waals surface area contributed by atoms with Gasteiger partial charge in [0.25, 0.3) is 0 Å². The number of nitrogens with zero attached hydrogens (tertiary/aromatic N) is 1. The van der Waals surface area contributed by atoms with Crippen LogP contribution in [0.4, 0.5) is 0 Å². The summed E-state index contributed by atoms with van der Waals surface area (Å²) in [5.41, 5.74) is 5.58. The zero-order valence-corrected chi connectivity index (χ0v) is 16.3. The molecular weight excluding hydrogens is 370 g/mol. The quantitative estimate of drug-likeness (QED) is 0.333. The summed E-state index contributed by atoms with van der Waals surface area (Å²) in [6.45, 7) is 0. The fourth-order valence-electron chi connectivity index (χ4n) is 4.01. The number of carbonyl (C=O) groups excluding carboxylic acids is 2. The number of benzene rings is 3. The Hall–Kier alpha value is -3.85. The van der Waals surface area contributed by atoms with E-state index < -0.39 is 0 Å². The normalized spacial score (nSPS) is 14.3. The van der Waals surface area contributed by atoms with Gasteiger partial charge in [-0.2, -0.15) is 0 Å². The fourth-order valence-corrected chi connectivity index (χ4v) is 4.01. The Kier molecular flexibility index (Phi) is 4.56. The minimum Gasteiger partial charge on any atom is -0.294 e. The van der Waals surface area contributed by atoms with Crippen LogP contribution in [0.25, 0.3) is 34.0 Å². The zero-order chi connectivity index (χ0) is 20.5. The van der Waals surface area contributed by atoms with Crippen molar-refractivity contribution in [3.8, 4) is 0 Å². The van der Waals surface area contributed by atoms with E-state index in [0.717, 1.165) is 44.1 Å². The maximum absolute atomic E-state index is 12.2. The molecule has 2 aliphatic rings. The molecule has 3 nitrogen and oxygen atoms in total. The lowest BCUT2D eigenvalue weighted by molar-refractivity contribution is 0.0987. The average molecular weight is 389 g/mol. The number of fused-ring (bicyclic) bond motifs is 5. The molecule has 6 rings (SSSR count). The maximum atomic E-state index is 12.2. The molecule has 144 valence electrons. The van der Waals surface area contributed by atoms with Crippen molar-refractivity contribution in [2.75, 3.05) is 0 Å². The molecule has 0 N–H and O–H groups in total. The summed E-state index contributed by atoms with van der Waals surface area (Å²) in [6, 6.07) is 21.7. The molecule has 0 saturated heterocycles. The van der Waals surface area contributed by atoms with Gasteiger partial charge in [0.1, 0.15) is 0 Å². The molecule has 0 atom stereocenters. The molecule has 0 unspecified atom stereocenters. The van der Waals surface area contributed by atoms with Gasteiger partial charge >= 0.3 is 0 Å². The Morgan fingerprint density at radius 1 is 0.667 bits per heavy atom. The second-order valence-electron chi connectivity index (χ2n) is 7.42. The van der Waals surface area contributed by atoms with Crippen LogP contribution >= 0.6 is 0 Å². The Morgan fingerprint density at radius 2 is 1.40 bits per heavy atom. The molecule has 4 aromatic rings. The van der Waals surface area contributed by atoms with Gasteiger partial charge < -0.3 is 0 Å². The number of hydrogen-bond acceptors (Lipinski definition) is 3. The third-order valence-corrected chi connectivity index (χ3v) is 5.47. The van der Waals surface area contributed by atoms with Crippen LogP contribution in [-0.4, -0.2) is 16.6 Å². The second kappa shape index (κ2) is 7.53. The lowest BCUT2D eigenvalue weighted by atomic mass is 9.92. The van der Waals surface area contributed by atoms with E-state index in [2.05, 4.69) is 11.1 Å². The van der Waals surface area contributed by atoms with Crippen molar-refractivity contribution in [1.82, 2.24) is 4.98 Å². The van der Waals surface area contributed by atoms with Crippen LogP contribution in [0.1, 0.15) is 44.7 Å². The van der Waals surface area contributed by atoms with E-state index in [1.54, 1.807) is 0 Å². The van der Waals surface area contributed by atoms with Crippen LogP contribution in [0.5, 0.6) is 0 Å². The Labute approximate surface area is 174 Å². The smallest absolute Gasteiger partial charge is 0.167 e. The van der Waals surface area contributed by atoms with E-state index in [-0.39, 0.29) is 11.6 Å². The van der Waals surface area contributed by atoms with Crippen LogP contribution in [0.3, 0.4) is 0 Å². The van der Waals surface area contributed by atoms with Gasteiger partial charge in [0.2, 0.25) is 0 Å². The number of allylic oxidation sites excluding steroid dienone is 2. The topological polar surface area (TPSA) is 47.0 Å². The highest BCUT2D eigenvalue weighted by molar-refractivity contribution is 6.14. The SMILES string of the molecule is O=C1CC=Cc2ccc3nc4ccccc4cc3c21.O=C1CC=Cc2ccccc21. The highest BCUT2D eigenvalue weighted by Crippen LogP contribution is 2.29. The Bertz CT molecular complexity index is 1380. The van der Waals surface area contributed by atoms with Crippen molar-refractivity contribution in [3.05, 3.63) is 101 Å². The summed E-state index contributed by atoms with van der Waals surface area (Å²) in [5.74, 6) is 0.406. The van der Waals surface area contributed by atoms with Gasteiger partial charge in [-0.25, -0.2) is 4.98 Å². The van der Waals surface area contributed by atoms with Gasteiger partial charge in [-0.05, 0) is 29.3 Å². The second-order valence-corrected chi connectivity index (χ2v) is 7.42. The summed E-state index contributed by atoms with van der Waals surface area (Å²) >= 11 is 0. The van der Waals surface area contributed by atoms with Gasteiger partial charge in [-0.3, -0.25) is 9.59 Å². The first kappa shape index (κ1) is 18.2. The first-order chi connectivity index (χ1) is 14.7. The van der Waals surface area contributed by atoms with Crippen LogP contribution in [-0.2, 0) is 0 Å². The Balaban J connectivity index is 0.000000149. The van der Waals surface area contributed by atoms with Crippen molar-refractivity contribution in [3.63, 3.8) is 0 Å². The number of rotatable bonds is 0. The van der Waals surface area contributed by atoms with Crippen LogP contribution in [0.2, 0.25) is 0 Å². The van der Waals surface area contributed by atoms with Crippen LogP contribution in [0.15, 0.2) is 78.9 Å². The third kappa shape index (κ3) is 3.25. The molecule has 0 saturated carbocycles. The molecule has 0 radical (unpaired) electrons. The summed E-state index contributed by atoms with van der Waals surface area (Å²) < 4.78 is 0. The van der Waals surface area contributed by atoms with Gasteiger partial charge in [0, 0.05) is 34.7 Å². The molecule has 1 heterocycles. The molecule has 3 heteroatoms. The summed E-state index contributed by atoms with van der Waals surface area (Å²) in [6.07, 6.45) is 8.88. The lowest BCUT2D eigenvalue weighted by Crippen LogP contribution is -2.05. The zero-order valence-electron chi connectivity index (χ0n) is 16.3. The predicted molar refractivity (Wildman–Crippen MR) is 122 cm³/mol. The van der Waals surface area contributed by atoms with Crippen molar-refractivity contribution < 1.29 is 9.59 Å². The minimum absolute atomic E-state index is 0.181. The maximum Gasteiger partial charge on any atom is 0.167 e. The summed E-state index contributed by atoms with van der Waals surface area (Å²) in [4.78, 5) is 28.0. The van der Waals surface area contributed by atoms with Crippen molar-refractivity contribution >= 4 is 45.5 Å². The van der Waals surface area contributed by atoms with E-state index >= 15 is 0 Å². The van der Waals surface area contributed by atoms with E-state index in [1.807, 2.05) is 85.0 Å². The standard InChI is InChI=1S/C17H11NO.C10H8O/c19-16-7-3-5-11-8-9-15-13(17(11)16)10-12-4-1-2-6-14(12)18-15;11-10-7-3-5-8-4-1-2-6-9(8)10/h1-6,8-10H,7H2;1-6H,7H2. The van der Waals surface area contributed by atoms with Gasteiger partial charge in [-0.15, -0.1) is 0 Å². The fraction of sp³-hybridized carbons (Fsp3) is 0.0741. The summed E-state index contributed by atoms with van der Waals surface area (Å²) in [5, 5.41) is 2.04. The molecule has 30 heavy (non-hydrogen) atoms. The molecule has 0 fully saturated rings. The number of pyridine rings is 1. The predicted octanol–water partition coefficient (Wildman–Crippen LogP) is 6.27. The number of ketones is 2. The van der Waals surface area contributed by atoms with Gasteiger partial charge in [0.15, 0.2) is 11.6 Å². The molecule has 1 aromatic heterocycles. The molecule has 2 aliphatic carbocycles. The van der Waals surface area contributed by atoms with E-state index in [9.17, 15) is 9.59 Å². The lowest BCUT2D eigenvalue weighted by Gasteiger charge is -2.12. The molecule has 0 bridgehead atoms. The largest absolute Gasteiger partial charge is 0.294 e. The van der Waals surface area contributed by atoms with Gasteiger partial charge in [0.05, 0.1) is 11.0 Å². The third-order valence-electron chi connectivity index (χ3n) is 5.47. The average Bonchev–Trinajstić information content (AvgIpc) is 2.78. The number of hydrogen-bond donors (Lipinski definition) is 0. The molecule has 0 aliphatic heterocycles. The first-order valence-electron chi connectivity index (χ1n) is 10.0. The Morgan fingerprint density at radius 3 is 2.27 bits per heavy atom. The number of para-hydroxylation sites is 1. The van der Waals surface area contributed by atoms with Crippen LogP contribution in [0, 0.1) is 0 Å². The van der Waals surface area contributed by atoms with Crippen molar-refractivity contribution in [1.29, 1.82) is 0 Å². The van der Waals surface area contributed by atoms with Crippen molar-refractivity contribution in [2.45, 2.75) is 12.8 Å². The highest BCUT2D eigenvalue weighted by Gasteiger charge is 2.17. The van der Waals surface area contributed by atoms with E-state index in [4.69, 9.17) is 0 Å². The first-order valence-corrected chi connectivity index (χ1v) is 10.0. The van der Waals surface area contributed by atoms with Gasteiger partial charge in [-0.1, -0.05) is 72.8 Å².